The Labute approximate surface area is 207 Å². The minimum atomic E-state index is -3.92. The number of ether oxygens (including phenoxy) is 2. The summed E-state index contributed by atoms with van der Waals surface area (Å²) in [6.45, 7) is 3.92. The summed E-state index contributed by atoms with van der Waals surface area (Å²) in [6, 6.07) is 19.4. The predicted octanol–water partition coefficient (Wildman–Crippen LogP) is 4.26. The molecular formula is C27H32N2O5S. The van der Waals surface area contributed by atoms with Crippen LogP contribution in [0.25, 0.3) is 0 Å². The topological polar surface area (TPSA) is 84.9 Å². The van der Waals surface area contributed by atoms with Crippen molar-refractivity contribution in [3.63, 3.8) is 0 Å². The van der Waals surface area contributed by atoms with Crippen molar-refractivity contribution >= 4 is 21.6 Å². The Bertz CT molecular complexity index is 1240. The maximum atomic E-state index is 13.4. The molecule has 0 atom stereocenters. The molecule has 8 heteroatoms. The number of amides is 1. The number of nitrogens with one attached hydrogen (secondary N) is 1. The Morgan fingerprint density at radius 3 is 2.06 bits per heavy atom. The monoisotopic (exact) mass is 496 g/mol. The molecule has 0 bridgehead atoms. The summed E-state index contributed by atoms with van der Waals surface area (Å²) in [5.74, 6) is 0.952. The summed E-state index contributed by atoms with van der Waals surface area (Å²) in [6.07, 6.45) is 1.42. The highest BCUT2D eigenvalue weighted by molar-refractivity contribution is 7.92. The van der Waals surface area contributed by atoms with Gasteiger partial charge in [-0.2, -0.15) is 0 Å². The van der Waals surface area contributed by atoms with E-state index in [-0.39, 0.29) is 17.3 Å². The zero-order chi connectivity index (χ0) is 25.4. The van der Waals surface area contributed by atoms with E-state index in [1.54, 1.807) is 50.6 Å². The fourth-order valence-corrected chi connectivity index (χ4v) is 5.03. The van der Waals surface area contributed by atoms with Crippen molar-refractivity contribution in [3.05, 3.63) is 83.4 Å². The molecule has 3 aromatic carbocycles. The van der Waals surface area contributed by atoms with Crippen LogP contribution in [-0.2, 0) is 21.2 Å². The highest BCUT2D eigenvalue weighted by Gasteiger charge is 2.27. The second-order valence-electron chi connectivity index (χ2n) is 8.30. The summed E-state index contributed by atoms with van der Waals surface area (Å²) in [7, 11) is -0.741. The maximum absolute atomic E-state index is 13.4. The third kappa shape index (κ3) is 6.76. The molecule has 0 aliphatic rings. The molecule has 0 aliphatic heterocycles. The summed E-state index contributed by atoms with van der Waals surface area (Å²) < 4.78 is 38.6. The Morgan fingerprint density at radius 2 is 1.46 bits per heavy atom. The molecule has 1 N–H and O–H groups in total. The van der Waals surface area contributed by atoms with Crippen LogP contribution in [0.1, 0.15) is 23.1 Å². The first-order valence-electron chi connectivity index (χ1n) is 11.4. The van der Waals surface area contributed by atoms with Gasteiger partial charge in [-0.25, -0.2) is 8.42 Å². The van der Waals surface area contributed by atoms with Gasteiger partial charge in [0.2, 0.25) is 5.91 Å². The molecule has 0 radical (unpaired) electrons. The predicted molar refractivity (Wildman–Crippen MR) is 138 cm³/mol. The summed E-state index contributed by atoms with van der Waals surface area (Å²) in [5.41, 5.74) is 3.45. The standard InChI is InChI=1S/C27H32N2O5S/c1-20-7-12-23(13-8-20)29(35(31,32)24-14-9-21(2)10-15-24)19-27(30)28-17-5-6-22-11-16-25(33-3)26(18-22)34-4/h7-16,18H,5-6,17,19H2,1-4H3,(H,28,30). The zero-order valence-corrected chi connectivity index (χ0v) is 21.4. The van der Waals surface area contributed by atoms with E-state index in [0.29, 0.717) is 30.2 Å². The summed E-state index contributed by atoms with van der Waals surface area (Å²) in [5, 5.41) is 2.85. The Hall–Kier alpha value is -3.52. The van der Waals surface area contributed by atoms with E-state index in [2.05, 4.69) is 5.32 Å². The molecular weight excluding hydrogens is 464 g/mol. The normalized spacial score (nSPS) is 11.1. The number of aryl methyl sites for hydroxylation is 3. The van der Waals surface area contributed by atoms with Gasteiger partial charge in [0.15, 0.2) is 11.5 Å². The van der Waals surface area contributed by atoms with Crippen LogP contribution in [0.4, 0.5) is 5.69 Å². The number of carbonyl (C=O) groups is 1. The average molecular weight is 497 g/mol. The van der Waals surface area contributed by atoms with Gasteiger partial charge in [0.25, 0.3) is 10.0 Å². The second kappa shape index (κ2) is 11.8. The van der Waals surface area contributed by atoms with Gasteiger partial charge in [-0.3, -0.25) is 9.10 Å². The molecule has 186 valence electrons. The summed E-state index contributed by atoms with van der Waals surface area (Å²) >= 11 is 0. The number of sulfonamides is 1. The quantitative estimate of drug-likeness (QED) is 0.401. The van der Waals surface area contributed by atoms with Gasteiger partial charge in [0, 0.05) is 6.54 Å². The number of hydrogen-bond donors (Lipinski definition) is 1. The Morgan fingerprint density at radius 1 is 0.857 bits per heavy atom. The SMILES string of the molecule is COc1ccc(CCCNC(=O)CN(c2ccc(C)cc2)S(=O)(=O)c2ccc(C)cc2)cc1OC. The highest BCUT2D eigenvalue weighted by Crippen LogP contribution is 2.28. The number of rotatable bonds is 11. The third-order valence-electron chi connectivity index (χ3n) is 5.63. The number of methoxy groups -OCH3 is 2. The molecule has 0 heterocycles. The average Bonchev–Trinajstić information content (AvgIpc) is 2.86. The maximum Gasteiger partial charge on any atom is 0.264 e. The van der Waals surface area contributed by atoms with Crippen LogP contribution >= 0.6 is 0 Å². The number of benzene rings is 3. The van der Waals surface area contributed by atoms with Gasteiger partial charge in [-0.15, -0.1) is 0 Å². The van der Waals surface area contributed by atoms with E-state index in [1.807, 2.05) is 44.2 Å². The number of carbonyl (C=O) groups excluding carboxylic acids is 1. The van der Waals surface area contributed by atoms with E-state index in [1.165, 1.54) is 0 Å². The van der Waals surface area contributed by atoms with E-state index in [9.17, 15) is 13.2 Å². The largest absolute Gasteiger partial charge is 0.493 e. The van der Waals surface area contributed by atoms with Crippen molar-refractivity contribution in [1.29, 1.82) is 0 Å². The second-order valence-corrected chi connectivity index (χ2v) is 10.2. The minimum Gasteiger partial charge on any atom is -0.493 e. The van der Waals surface area contributed by atoms with Gasteiger partial charge in [0.05, 0.1) is 24.8 Å². The first-order chi connectivity index (χ1) is 16.7. The van der Waals surface area contributed by atoms with Crippen molar-refractivity contribution in [2.45, 2.75) is 31.6 Å². The van der Waals surface area contributed by atoms with Crippen LogP contribution in [0.3, 0.4) is 0 Å². The number of hydrogen-bond acceptors (Lipinski definition) is 5. The number of nitrogens with zero attached hydrogens (tertiary/aromatic N) is 1. The summed E-state index contributed by atoms with van der Waals surface area (Å²) in [4.78, 5) is 12.9. The molecule has 7 nitrogen and oxygen atoms in total. The van der Waals surface area contributed by atoms with Crippen LogP contribution < -0.4 is 19.1 Å². The minimum absolute atomic E-state index is 0.143. The molecule has 0 saturated carbocycles. The van der Waals surface area contributed by atoms with Crippen LogP contribution in [0.2, 0.25) is 0 Å². The fourth-order valence-electron chi connectivity index (χ4n) is 3.61. The molecule has 1 amide bonds. The lowest BCUT2D eigenvalue weighted by molar-refractivity contribution is -0.119. The van der Waals surface area contributed by atoms with E-state index in [4.69, 9.17) is 9.47 Å². The molecule has 0 aromatic heterocycles. The van der Waals surface area contributed by atoms with Gasteiger partial charge in [0.1, 0.15) is 6.54 Å². The molecule has 0 spiro atoms. The van der Waals surface area contributed by atoms with E-state index < -0.39 is 10.0 Å². The first-order valence-corrected chi connectivity index (χ1v) is 12.8. The lowest BCUT2D eigenvalue weighted by Gasteiger charge is -2.24. The van der Waals surface area contributed by atoms with Gasteiger partial charge in [-0.05, 0) is 68.7 Å². The molecule has 3 aromatic rings. The van der Waals surface area contributed by atoms with Gasteiger partial charge < -0.3 is 14.8 Å². The lowest BCUT2D eigenvalue weighted by Crippen LogP contribution is -2.41. The zero-order valence-electron chi connectivity index (χ0n) is 20.6. The Kier molecular flexibility index (Phi) is 8.76. The molecule has 0 unspecified atom stereocenters. The number of anilines is 1. The van der Waals surface area contributed by atoms with Crippen LogP contribution in [0.15, 0.2) is 71.6 Å². The van der Waals surface area contributed by atoms with Crippen molar-refractivity contribution < 1.29 is 22.7 Å². The van der Waals surface area contributed by atoms with E-state index in [0.717, 1.165) is 27.4 Å². The molecule has 35 heavy (non-hydrogen) atoms. The van der Waals surface area contributed by atoms with Gasteiger partial charge in [-0.1, -0.05) is 41.5 Å². The van der Waals surface area contributed by atoms with Gasteiger partial charge >= 0.3 is 0 Å². The van der Waals surface area contributed by atoms with Crippen LogP contribution in [0.5, 0.6) is 11.5 Å². The fraction of sp³-hybridized carbons (Fsp3) is 0.296. The molecule has 0 aliphatic carbocycles. The van der Waals surface area contributed by atoms with Crippen LogP contribution in [-0.4, -0.2) is 41.6 Å². The molecule has 0 saturated heterocycles. The first kappa shape index (κ1) is 26.1. The van der Waals surface area contributed by atoms with Crippen molar-refractivity contribution in [2.24, 2.45) is 0 Å². The third-order valence-corrected chi connectivity index (χ3v) is 7.42. The lowest BCUT2D eigenvalue weighted by atomic mass is 10.1. The van der Waals surface area contributed by atoms with Crippen molar-refractivity contribution in [2.75, 3.05) is 31.6 Å². The molecule has 3 rings (SSSR count). The van der Waals surface area contributed by atoms with Crippen molar-refractivity contribution in [1.82, 2.24) is 5.32 Å². The molecule has 0 fully saturated rings. The van der Waals surface area contributed by atoms with Crippen LogP contribution in [0, 0.1) is 13.8 Å². The smallest absolute Gasteiger partial charge is 0.264 e. The van der Waals surface area contributed by atoms with Crippen molar-refractivity contribution in [3.8, 4) is 11.5 Å². The van der Waals surface area contributed by atoms with E-state index >= 15 is 0 Å². The highest BCUT2D eigenvalue weighted by atomic mass is 32.2. The Balaban J connectivity index is 1.67.